The molecule has 0 unspecified atom stereocenters. The molecule has 0 spiro atoms. The number of benzene rings is 2. The highest BCUT2D eigenvalue weighted by atomic mass is 35.5. The third-order valence-electron chi connectivity index (χ3n) is 5.16. The van der Waals surface area contributed by atoms with E-state index in [-0.39, 0.29) is 17.9 Å². The molecule has 2 aromatic heterocycles. The van der Waals surface area contributed by atoms with Gasteiger partial charge in [-0.25, -0.2) is 4.39 Å². The Morgan fingerprint density at radius 1 is 0.969 bits per heavy atom. The number of ketones is 1. The summed E-state index contributed by atoms with van der Waals surface area (Å²) in [6.07, 6.45) is -1.76. The van der Waals surface area contributed by atoms with Gasteiger partial charge in [0, 0.05) is 35.7 Å². The highest BCUT2D eigenvalue weighted by molar-refractivity contribution is 6.35. The first-order valence-electron chi connectivity index (χ1n) is 9.59. The number of carbonyl (C=O) groups is 1. The average Bonchev–Trinajstić information content (AvgIpc) is 2.77. The van der Waals surface area contributed by atoms with Gasteiger partial charge in [0.25, 0.3) is 0 Å². The molecule has 4 aromatic rings. The lowest BCUT2D eigenvalue weighted by Gasteiger charge is -2.18. The van der Waals surface area contributed by atoms with Crippen LogP contribution in [0.25, 0.3) is 10.9 Å². The molecule has 0 fully saturated rings. The van der Waals surface area contributed by atoms with E-state index in [2.05, 4.69) is 9.97 Å². The highest BCUT2D eigenvalue weighted by Crippen LogP contribution is 2.34. The number of fused-ring (bicyclic) bond motifs is 1. The molecule has 4 rings (SSSR count). The summed E-state index contributed by atoms with van der Waals surface area (Å²) in [7, 11) is 0. The number of hydrogen-bond acceptors (Lipinski definition) is 3. The quantitative estimate of drug-likeness (QED) is 0.243. The first kappa shape index (κ1) is 21.9. The van der Waals surface area contributed by atoms with Crippen molar-refractivity contribution in [1.82, 2.24) is 9.97 Å². The molecule has 32 heavy (non-hydrogen) atoms. The van der Waals surface area contributed by atoms with Gasteiger partial charge in [-0.2, -0.15) is 13.2 Å². The van der Waals surface area contributed by atoms with Crippen LogP contribution in [0.4, 0.5) is 17.6 Å². The minimum atomic E-state index is -4.50. The van der Waals surface area contributed by atoms with E-state index in [0.29, 0.717) is 27.1 Å². The summed E-state index contributed by atoms with van der Waals surface area (Å²) in [5, 5.41) is 1.02. The van der Waals surface area contributed by atoms with E-state index in [4.69, 9.17) is 11.6 Å². The van der Waals surface area contributed by atoms with Crippen LogP contribution in [0, 0.1) is 5.82 Å². The topological polar surface area (TPSA) is 42.9 Å². The number of halogens is 5. The molecule has 0 N–H and O–H groups in total. The second-order valence-corrected chi connectivity index (χ2v) is 7.60. The number of Topliss-reactive ketones (excluding diaryl/α,β-unsaturated/α-hetero) is 1. The van der Waals surface area contributed by atoms with Crippen molar-refractivity contribution in [2.75, 3.05) is 0 Å². The molecular formula is C24H15ClF4N2O. The van der Waals surface area contributed by atoms with E-state index in [9.17, 15) is 22.4 Å². The maximum absolute atomic E-state index is 14.5. The smallest absolute Gasteiger partial charge is 0.294 e. The zero-order valence-electron chi connectivity index (χ0n) is 16.4. The molecule has 0 saturated heterocycles. The summed E-state index contributed by atoms with van der Waals surface area (Å²) in [4.78, 5) is 21.3. The largest absolute Gasteiger partial charge is 0.416 e. The van der Waals surface area contributed by atoms with Gasteiger partial charge in [0.2, 0.25) is 0 Å². The van der Waals surface area contributed by atoms with Crippen molar-refractivity contribution in [3.05, 3.63) is 106 Å². The molecule has 0 saturated carbocycles. The molecule has 2 heterocycles. The maximum Gasteiger partial charge on any atom is 0.416 e. The second kappa shape index (κ2) is 8.67. The predicted molar refractivity (Wildman–Crippen MR) is 113 cm³/mol. The highest BCUT2D eigenvalue weighted by Gasteiger charge is 2.31. The fourth-order valence-electron chi connectivity index (χ4n) is 3.52. The minimum Gasteiger partial charge on any atom is -0.294 e. The minimum absolute atomic E-state index is 0.0129. The van der Waals surface area contributed by atoms with Crippen LogP contribution in [0.15, 0.2) is 73.1 Å². The summed E-state index contributed by atoms with van der Waals surface area (Å²) >= 11 is 6.20. The van der Waals surface area contributed by atoms with Gasteiger partial charge in [-0.1, -0.05) is 23.7 Å². The Morgan fingerprint density at radius 2 is 1.72 bits per heavy atom. The van der Waals surface area contributed by atoms with Crippen molar-refractivity contribution in [2.45, 2.75) is 18.5 Å². The van der Waals surface area contributed by atoms with E-state index in [0.717, 1.165) is 12.1 Å². The van der Waals surface area contributed by atoms with Gasteiger partial charge in [-0.15, -0.1) is 0 Å². The molecule has 8 heteroatoms. The summed E-state index contributed by atoms with van der Waals surface area (Å²) in [5.74, 6) is -1.84. The van der Waals surface area contributed by atoms with Gasteiger partial charge < -0.3 is 0 Å². The summed E-state index contributed by atoms with van der Waals surface area (Å²) in [6, 6.07) is 13.4. The Balaban J connectivity index is 1.72. The van der Waals surface area contributed by atoms with Crippen LogP contribution >= 0.6 is 11.6 Å². The molecule has 3 nitrogen and oxygen atoms in total. The molecule has 162 valence electrons. The van der Waals surface area contributed by atoms with Gasteiger partial charge in [-0.3, -0.25) is 14.8 Å². The molecule has 0 aliphatic carbocycles. The van der Waals surface area contributed by atoms with Gasteiger partial charge in [-0.05, 0) is 54.1 Å². The second-order valence-electron chi connectivity index (χ2n) is 7.19. The predicted octanol–water partition coefficient (Wildman–Crippen LogP) is 6.85. The molecule has 2 aromatic carbocycles. The summed E-state index contributed by atoms with van der Waals surface area (Å²) in [5.41, 5.74) is 0.458. The number of rotatable bonds is 5. The Bertz CT molecular complexity index is 1290. The van der Waals surface area contributed by atoms with Gasteiger partial charge in [0.05, 0.1) is 21.8 Å². The first-order valence-corrected chi connectivity index (χ1v) is 9.97. The van der Waals surface area contributed by atoms with Gasteiger partial charge in [0.15, 0.2) is 5.78 Å². The van der Waals surface area contributed by atoms with E-state index in [1.807, 2.05) is 0 Å². The van der Waals surface area contributed by atoms with Crippen LogP contribution in [-0.4, -0.2) is 15.8 Å². The molecule has 0 bridgehead atoms. The van der Waals surface area contributed by atoms with E-state index in [1.54, 1.807) is 30.5 Å². The fourth-order valence-corrected chi connectivity index (χ4v) is 3.73. The summed E-state index contributed by atoms with van der Waals surface area (Å²) in [6.45, 7) is 0. The van der Waals surface area contributed by atoms with Crippen molar-refractivity contribution in [3.8, 4) is 0 Å². The molecular weight excluding hydrogens is 444 g/mol. The van der Waals surface area contributed by atoms with E-state index < -0.39 is 23.5 Å². The zero-order chi connectivity index (χ0) is 22.9. The fraction of sp³-hybridized carbons (Fsp3) is 0.125. The number of carbonyl (C=O) groups excluding carboxylic acids is 1. The molecule has 0 radical (unpaired) electrons. The zero-order valence-corrected chi connectivity index (χ0v) is 17.2. The SMILES string of the molecule is O=C(C[C@@H](c1ccc(C(F)(F)F)cc1)c1ncccc1F)c1ccc2nccc(Cl)c2c1. The third kappa shape index (κ3) is 4.48. The molecule has 1 atom stereocenters. The monoisotopic (exact) mass is 458 g/mol. The van der Waals surface area contributed by atoms with Crippen LogP contribution in [0.5, 0.6) is 0 Å². The normalized spacial score (nSPS) is 12.7. The lowest BCUT2D eigenvalue weighted by Crippen LogP contribution is -2.13. The van der Waals surface area contributed by atoms with Crippen LogP contribution in [0.3, 0.4) is 0 Å². The summed E-state index contributed by atoms with van der Waals surface area (Å²) < 4.78 is 53.4. The Kier molecular flexibility index (Phi) is 5.93. The third-order valence-corrected chi connectivity index (χ3v) is 5.49. The lowest BCUT2D eigenvalue weighted by atomic mass is 9.87. The van der Waals surface area contributed by atoms with Gasteiger partial charge in [0.1, 0.15) is 5.82 Å². The van der Waals surface area contributed by atoms with Crippen molar-refractivity contribution in [3.63, 3.8) is 0 Å². The molecule has 0 aliphatic rings. The van der Waals surface area contributed by atoms with E-state index in [1.165, 1.54) is 30.5 Å². The number of alkyl halides is 3. The van der Waals surface area contributed by atoms with E-state index >= 15 is 0 Å². The Morgan fingerprint density at radius 3 is 2.41 bits per heavy atom. The number of aromatic nitrogens is 2. The van der Waals surface area contributed by atoms with Crippen LogP contribution in [-0.2, 0) is 6.18 Å². The number of hydrogen-bond donors (Lipinski definition) is 0. The van der Waals surface area contributed by atoms with Crippen molar-refractivity contribution >= 4 is 28.3 Å². The lowest BCUT2D eigenvalue weighted by molar-refractivity contribution is -0.137. The van der Waals surface area contributed by atoms with Crippen molar-refractivity contribution < 1.29 is 22.4 Å². The van der Waals surface area contributed by atoms with Crippen molar-refractivity contribution in [2.24, 2.45) is 0 Å². The number of pyridine rings is 2. The first-order chi connectivity index (χ1) is 15.2. The number of nitrogens with zero attached hydrogens (tertiary/aromatic N) is 2. The molecule has 0 aliphatic heterocycles. The average molecular weight is 459 g/mol. The molecule has 0 amide bonds. The van der Waals surface area contributed by atoms with Gasteiger partial charge >= 0.3 is 6.18 Å². The van der Waals surface area contributed by atoms with Crippen LogP contribution < -0.4 is 0 Å². The van der Waals surface area contributed by atoms with Crippen LogP contribution in [0.1, 0.15) is 39.5 Å². The Labute approximate surface area is 185 Å². The standard InChI is InChI=1S/C24H15ClF4N2O/c25-19-9-11-30-21-8-5-15(12-18(19)21)22(32)13-17(23-20(26)2-1-10-31-23)14-3-6-16(7-4-14)24(27,28)29/h1-12,17H,13H2/t17-/m0/s1. The van der Waals surface area contributed by atoms with Crippen molar-refractivity contribution in [1.29, 1.82) is 0 Å². The Hall–Kier alpha value is -3.32. The van der Waals surface area contributed by atoms with Crippen LogP contribution in [0.2, 0.25) is 5.02 Å². The maximum atomic E-state index is 14.5.